The zero-order valence-corrected chi connectivity index (χ0v) is 11.4. The van der Waals surface area contributed by atoms with Gasteiger partial charge in [0.05, 0.1) is 0 Å². The van der Waals surface area contributed by atoms with Crippen LogP contribution in [0.2, 0.25) is 0 Å². The normalized spacial score (nSPS) is 10.6. The Hall–Kier alpha value is -2.03. The van der Waals surface area contributed by atoms with Crippen LogP contribution < -0.4 is 5.32 Å². The zero-order chi connectivity index (χ0) is 15.7. The lowest BCUT2D eigenvalue weighted by molar-refractivity contribution is 0.102. The lowest BCUT2D eigenvalue weighted by atomic mass is 10.2. The quantitative estimate of drug-likeness (QED) is 0.499. The van der Waals surface area contributed by atoms with Crippen molar-refractivity contribution in [3.05, 3.63) is 57.6 Å². The number of nitrogens with zero attached hydrogens (tertiary/aromatic N) is 1. The Balaban J connectivity index is 2.40. The van der Waals surface area contributed by atoms with Crippen LogP contribution in [0.15, 0.2) is 22.8 Å². The number of carbonyl (C=O) groups is 1. The molecule has 2 rings (SSSR count). The van der Waals surface area contributed by atoms with Gasteiger partial charge in [0, 0.05) is 10.7 Å². The monoisotopic (exact) mass is 366 g/mol. The molecular formula is C12H4BrF5N2O. The van der Waals surface area contributed by atoms with Gasteiger partial charge in [0.1, 0.15) is 11.4 Å². The Morgan fingerprint density at radius 3 is 1.95 bits per heavy atom. The van der Waals surface area contributed by atoms with Gasteiger partial charge in [0.2, 0.25) is 5.82 Å². The molecule has 1 aromatic heterocycles. The van der Waals surface area contributed by atoms with Crippen molar-refractivity contribution < 1.29 is 26.7 Å². The fourth-order valence-electron chi connectivity index (χ4n) is 1.40. The first kappa shape index (κ1) is 15.4. The standard InChI is InChI=1S/C12H4BrF5N2O/c13-4-1-2-5(19-3-4)12(21)20-11-9(17)7(15)6(14)8(16)10(11)18/h1-3H,(H,20,21). The minimum atomic E-state index is -2.30. The van der Waals surface area contributed by atoms with Gasteiger partial charge in [-0.05, 0) is 28.1 Å². The van der Waals surface area contributed by atoms with Gasteiger partial charge in [0.25, 0.3) is 5.91 Å². The van der Waals surface area contributed by atoms with E-state index in [1.165, 1.54) is 18.3 Å². The van der Waals surface area contributed by atoms with Crippen molar-refractivity contribution in [3.63, 3.8) is 0 Å². The Morgan fingerprint density at radius 2 is 1.48 bits per heavy atom. The average Bonchev–Trinajstić information content (AvgIpc) is 2.48. The van der Waals surface area contributed by atoms with Crippen LogP contribution in [0.25, 0.3) is 0 Å². The molecule has 1 amide bonds. The predicted octanol–water partition coefficient (Wildman–Crippen LogP) is 3.79. The maximum atomic E-state index is 13.4. The largest absolute Gasteiger partial charge is 0.316 e. The minimum absolute atomic E-state index is 0.262. The fourth-order valence-corrected chi connectivity index (χ4v) is 1.64. The second kappa shape index (κ2) is 5.76. The predicted molar refractivity (Wildman–Crippen MR) is 66.1 cm³/mol. The van der Waals surface area contributed by atoms with Crippen molar-refractivity contribution in [3.8, 4) is 0 Å². The van der Waals surface area contributed by atoms with E-state index >= 15 is 0 Å². The van der Waals surface area contributed by atoms with Crippen molar-refractivity contribution >= 4 is 27.5 Å². The van der Waals surface area contributed by atoms with E-state index in [9.17, 15) is 26.7 Å². The molecule has 1 N–H and O–H groups in total. The maximum absolute atomic E-state index is 13.4. The molecule has 0 unspecified atom stereocenters. The molecule has 110 valence electrons. The molecule has 0 bridgehead atoms. The fraction of sp³-hybridized carbons (Fsp3) is 0. The van der Waals surface area contributed by atoms with Crippen LogP contribution in [0.5, 0.6) is 0 Å². The van der Waals surface area contributed by atoms with E-state index in [-0.39, 0.29) is 5.69 Å². The van der Waals surface area contributed by atoms with Gasteiger partial charge in [-0.3, -0.25) is 4.79 Å². The Kier molecular flexibility index (Phi) is 4.21. The number of aromatic nitrogens is 1. The highest BCUT2D eigenvalue weighted by Gasteiger charge is 2.27. The van der Waals surface area contributed by atoms with Gasteiger partial charge in [-0.1, -0.05) is 0 Å². The summed E-state index contributed by atoms with van der Waals surface area (Å²) in [5.74, 6) is -12.0. The number of hydrogen-bond acceptors (Lipinski definition) is 2. The number of amides is 1. The summed E-state index contributed by atoms with van der Waals surface area (Å²) in [5, 5.41) is 1.61. The number of nitrogens with one attached hydrogen (secondary N) is 1. The summed E-state index contributed by atoms with van der Waals surface area (Å²) in [7, 11) is 0. The van der Waals surface area contributed by atoms with E-state index in [1.807, 2.05) is 0 Å². The van der Waals surface area contributed by atoms with Crippen molar-refractivity contribution in [2.24, 2.45) is 0 Å². The Bertz CT molecular complexity index is 692. The summed E-state index contributed by atoms with van der Waals surface area (Å²) in [4.78, 5) is 15.3. The van der Waals surface area contributed by atoms with E-state index in [0.29, 0.717) is 4.47 Å². The van der Waals surface area contributed by atoms with Crippen molar-refractivity contribution in [1.29, 1.82) is 0 Å². The highest BCUT2D eigenvalue weighted by Crippen LogP contribution is 2.27. The van der Waals surface area contributed by atoms with E-state index in [4.69, 9.17) is 0 Å². The molecule has 0 aliphatic heterocycles. The Morgan fingerprint density at radius 1 is 0.952 bits per heavy atom. The minimum Gasteiger partial charge on any atom is -0.316 e. The van der Waals surface area contributed by atoms with Gasteiger partial charge in [0.15, 0.2) is 23.3 Å². The highest BCUT2D eigenvalue weighted by molar-refractivity contribution is 9.10. The van der Waals surface area contributed by atoms with E-state index < -0.39 is 40.7 Å². The highest BCUT2D eigenvalue weighted by atomic mass is 79.9. The number of pyridine rings is 1. The SMILES string of the molecule is O=C(Nc1c(F)c(F)c(F)c(F)c1F)c1ccc(Br)cn1. The molecule has 1 aromatic carbocycles. The van der Waals surface area contributed by atoms with E-state index in [0.717, 1.165) is 0 Å². The van der Waals surface area contributed by atoms with Crippen LogP contribution >= 0.6 is 15.9 Å². The second-order valence-corrected chi connectivity index (χ2v) is 4.68. The molecule has 9 heteroatoms. The smallest absolute Gasteiger partial charge is 0.274 e. The molecule has 3 nitrogen and oxygen atoms in total. The number of benzene rings is 1. The van der Waals surface area contributed by atoms with Crippen molar-refractivity contribution in [1.82, 2.24) is 4.98 Å². The summed E-state index contributed by atoms with van der Waals surface area (Å²) >= 11 is 3.06. The third kappa shape index (κ3) is 2.87. The molecule has 0 saturated carbocycles. The molecule has 21 heavy (non-hydrogen) atoms. The van der Waals surface area contributed by atoms with Gasteiger partial charge >= 0.3 is 0 Å². The first-order valence-electron chi connectivity index (χ1n) is 5.27. The number of halogens is 6. The lowest BCUT2D eigenvalue weighted by Crippen LogP contribution is -2.17. The number of anilines is 1. The van der Waals surface area contributed by atoms with Crippen LogP contribution in [0.3, 0.4) is 0 Å². The van der Waals surface area contributed by atoms with Crippen LogP contribution in [-0.2, 0) is 0 Å². The second-order valence-electron chi connectivity index (χ2n) is 3.76. The van der Waals surface area contributed by atoms with Crippen LogP contribution in [-0.4, -0.2) is 10.9 Å². The maximum Gasteiger partial charge on any atom is 0.274 e. The molecule has 0 saturated heterocycles. The van der Waals surface area contributed by atoms with Crippen LogP contribution in [0.4, 0.5) is 27.6 Å². The molecule has 0 atom stereocenters. The molecule has 2 aromatic rings. The zero-order valence-electron chi connectivity index (χ0n) is 9.86. The summed E-state index contributed by atoms with van der Waals surface area (Å²) in [5.41, 5.74) is -1.69. The number of hydrogen-bond donors (Lipinski definition) is 1. The van der Waals surface area contributed by atoms with Crippen LogP contribution in [0, 0.1) is 29.1 Å². The molecule has 0 spiro atoms. The summed E-state index contributed by atoms with van der Waals surface area (Å²) < 4.78 is 66.1. The number of rotatable bonds is 2. The van der Waals surface area contributed by atoms with Crippen molar-refractivity contribution in [2.75, 3.05) is 5.32 Å². The summed E-state index contributed by atoms with van der Waals surface area (Å²) in [6.07, 6.45) is 1.23. The van der Waals surface area contributed by atoms with Gasteiger partial charge in [-0.15, -0.1) is 0 Å². The van der Waals surface area contributed by atoms with E-state index in [2.05, 4.69) is 20.9 Å². The van der Waals surface area contributed by atoms with Gasteiger partial charge < -0.3 is 5.32 Å². The van der Waals surface area contributed by atoms with E-state index in [1.54, 1.807) is 5.32 Å². The molecule has 0 aliphatic rings. The first-order chi connectivity index (χ1) is 9.82. The molecular weight excluding hydrogens is 363 g/mol. The Labute approximate surface area is 122 Å². The lowest BCUT2D eigenvalue weighted by Gasteiger charge is -2.09. The van der Waals surface area contributed by atoms with Crippen molar-refractivity contribution in [2.45, 2.75) is 0 Å². The molecule has 0 radical (unpaired) electrons. The summed E-state index contributed by atoms with van der Waals surface area (Å²) in [6.45, 7) is 0. The molecule has 1 heterocycles. The topological polar surface area (TPSA) is 42.0 Å². The third-order valence-corrected chi connectivity index (χ3v) is 2.88. The molecule has 0 aliphatic carbocycles. The van der Waals surface area contributed by atoms with Crippen LogP contribution in [0.1, 0.15) is 10.5 Å². The average molecular weight is 367 g/mol. The van der Waals surface area contributed by atoms with Gasteiger partial charge in [-0.2, -0.15) is 0 Å². The van der Waals surface area contributed by atoms with Gasteiger partial charge in [-0.25, -0.2) is 26.9 Å². The summed E-state index contributed by atoms with van der Waals surface area (Å²) in [6, 6.07) is 2.62. The third-order valence-electron chi connectivity index (χ3n) is 2.41. The number of carbonyl (C=O) groups excluding carboxylic acids is 1. The molecule has 0 fully saturated rings. The first-order valence-corrected chi connectivity index (χ1v) is 6.06.